The molecule has 5 nitrogen and oxygen atoms in total. The van der Waals surface area contributed by atoms with Crippen molar-refractivity contribution in [2.24, 2.45) is 0 Å². The van der Waals surface area contributed by atoms with Crippen LogP contribution in [0.4, 0.5) is 16.5 Å². The van der Waals surface area contributed by atoms with Crippen LogP contribution in [0.3, 0.4) is 0 Å². The Morgan fingerprint density at radius 2 is 2.00 bits per heavy atom. The molecule has 1 N–H and O–H groups in total. The molecule has 8 heteroatoms. The maximum absolute atomic E-state index is 11.8. The quantitative estimate of drug-likeness (QED) is 0.450. The summed E-state index contributed by atoms with van der Waals surface area (Å²) in [4.78, 5) is 19.1. The number of hydrogen-bond donors (Lipinski definition) is 1. The molecule has 0 aliphatic carbocycles. The molecule has 0 fully saturated rings. The standard InChI is InChI=1S/C18H19N3O2S3/c1-21(2)12-7-5-11(6-8-12)19-18-20-14(10-25-18)13-9-15(16(22)23-3)26-17(13)24-4/h5-10H,1-4H3,(H,19,20). The van der Waals surface area contributed by atoms with Crippen LogP contribution < -0.4 is 10.2 Å². The lowest BCUT2D eigenvalue weighted by molar-refractivity contribution is 0.0606. The lowest BCUT2D eigenvalue weighted by atomic mass is 10.2. The van der Waals surface area contributed by atoms with Gasteiger partial charge in [-0.25, -0.2) is 9.78 Å². The van der Waals surface area contributed by atoms with E-state index < -0.39 is 0 Å². The maximum Gasteiger partial charge on any atom is 0.348 e. The Kier molecular flexibility index (Phi) is 5.85. The lowest BCUT2D eigenvalue weighted by Crippen LogP contribution is -2.08. The Bertz CT molecular complexity index is 901. The van der Waals surface area contributed by atoms with E-state index in [0.717, 1.165) is 32.0 Å². The highest BCUT2D eigenvalue weighted by atomic mass is 32.2. The SMILES string of the molecule is COC(=O)c1cc(-c2csc(Nc3ccc(N(C)C)cc3)n2)c(SC)s1. The molecule has 2 heterocycles. The molecular weight excluding hydrogens is 386 g/mol. The number of thiazole rings is 1. The summed E-state index contributed by atoms with van der Waals surface area (Å²) in [6, 6.07) is 10.0. The van der Waals surface area contributed by atoms with E-state index in [9.17, 15) is 4.79 Å². The van der Waals surface area contributed by atoms with E-state index in [1.165, 1.54) is 29.8 Å². The number of thiophene rings is 1. The summed E-state index contributed by atoms with van der Waals surface area (Å²) in [5, 5.41) is 6.15. The first kappa shape index (κ1) is 18.8. The molecule has 3 rings (SSSR count). The van der Waals surface area contributed by atoms with Crippen molar-refractivity contribution in [3.8, 4) is 11.3 Å². The molecule has 0 radical (unpaired) electrons. The third-order valence-electron chi connectivity index (χ3n) is 3.69. The van der Waals surface area contributed by atoms with Crippen LogP contribution >= 0.6 is 34.4 Å². The van der Waals surface area contributed by atoms with Gasteiger partial charge in [-0.3, -0.25) is 0 Å². The second-order valence-corrected chi connectivity index (χ2v) is 8.60. The summed E-state index contributed by atoms with van der Waals surface area (Å²) < 4.78 is 5.88. The van der Waals surface area contributed by atoms with E-state index in [2.05, 4.69) is 27.3 Å². The Labute approximate surface area is 165 Å². The van der Waals surface area contributed by atoms with Gasteiger partial charge in [0.05, 0.1) is 17.0 Å². The van der Waals surface area contributed by atoms with Gasteiger partial charge in [0.2, 0.25) is 0 Å². The highest BCUT2D eigenvalue weighted by molar-refractivity contribution is 8.00. The number of rotatable bonds is 6. The second kappa shape index (κ2) is 8.11. The van der Waals surface area contributed by atoms with Crippen molar-refractivity contribution < 1.29 is 9.53 Å². The summed E-state index contributed by atoms with van der Waals surface area (Å²) in [7, 11) is 5.43. The van der Waals surface area contributed by atoms with E-state index in [0.29, 0.717) is 4.88 Å². The summed E-state index contributed by atoms with van der Waals surface area (Å²) in [6.45, 7) is 0. The van der Waals surface area contributed by atoms with Crippen LogP contribution in [0, 0.1) is 0 Å². The average Bonchev–Trinajstić information content (AvgIpc) is 3.28. The first-order chi connectivity index (χ1) is 12.5. The zero-order valence-corrected chi connectivity index (χ0v) is 17.3. The third-order valence-corrected chi connectivity index (χ3v) is 6.69. The molecule has 0 aliphatic rings. The largest absolute Gasteiger partial charge is 0.465 e. The number of nitrogens with one attached hydrogen (secondary N) is 1. The van der Waals surface area contributed by atoms with E-state index in [4.69, 9.17) is 4.74 Å². The summed E-state index contributed by atoms with van der Waals surface area (Å²) in [5.74, 6) is -0.314. The molecule has 0 amide bonds. The number of anilines is 3. The van der Waals surface area contributed by atoms with Crippen LogP contribution in [0.2, 0.25) is 0 Å². The summed E-state index contributed by atoms with van der Waals surface area (Å²) in [5.41, 5.74) is 3.96. The third kappa shape index (κ3) is 4.03. The highest BCUT2D eigenvalue weighted by Gasteiger charge is 2.18. The number of carbonyl (C=O) groups is 1. The first-order valence-corrected chi connectivity index (χ1v) is 10.7. The van der Waals surface area contributed by atoms with Crippen molar-refractivity contribution in [1.82, 2.24) is 4.98 Å². The Morgan fingerprint density at radius 3 is 2.62 bits per heavy atom. The normalized spacial score (nSPS) is 10.6. The number of carbonyl (C=O) groups excluding carboxylic acids is 1. The van der Waals surface area contributed by atoms with Crippen molar-refractivity contribution in [3.05, 3.63) is 40.6 Å². The molecular formula is C18H19N3O2S3. The zero-order chi connectivity index (χ0) is 18.7. The molecule has 136 valence electrons. The summed E-state index contributed by atoms with van der Waals surface area (Å²) in [6.07, 6.45) is 1.99. The minimum Gasteiger partial charge on any atom is -0.465 e. The number of ether oxygens (including phenoxy) is 1. The number of methoxy groups -OCH3 is 1. The zero-order valence-electron chi connectivity index (χ0n) is 14.9. The number of thioether (sulfide) groups is 1. The molecule has 2 aromatic heterocycles. The van der Waals surface area contributed by atoms with Gasteiger partial charge in [0.15, 0.2) is 5.13 Å². The topological polar surface area (TPSA) is 54.5 Å². The lowest BCUT2D eigenvalue weighted by Gasteiger charge is -2.12. The van der Waals surface area contributed by atoms with E-state index in [1.54, 1.807) is 11.8 Å². The van der Waals surface area contributed by atoms with Crippen molar-refractivity contribution in [2.75, 3.05) is 37.7 Å². The van der Waals surface area contributed by atoms with Gasteiger partial charge in [-0.1, -0.05) is 0 Å². The van der Waals surface area contributed by atoms with Gasteiger partial charge in [0.25, 0.3) is 0 Å². The fourth-order valence-corrected chi connectivity index (χ4v) is 4.86. The molecule has 26 heavy (non-hydrogen) atoms. The Morgan fingerprint density at radius 1 is 1.27 bits per heavy atom. The van der Waals surface area contributed by atoms with Crippen LogP contribution in [0.15, 0.2) is 39.9 Å². The fourth-order valence-electron chi connectivity index (χ4n) is 2.33. The molecule has 0 atom stereocenters. The Hall–Kier alpha value is -2.03. The van der Waals surface area contributed by atoms with Crippen LogP contribution in [0.1, 0.15) is 9.67 Å². The monoisotopic (exact) mass is 405 g/mol. The van der Waals surface area contributed by atoms with Gasteiger partial charge < -0.3 is 15.0 Å². The second-order valence-electron chi connectivity index (χ2n) is 5.61. The number of aromatic nitrogens is 1. The predicted octanol–water partition coefficient (Wildman–Crippen LogP) is 5.19. The van der Waals surface area contributed by atoms with Crippen molar-refractivity contribution in [1.29, 1.82) is 0 Å². The van der Waals surface area contributed by atoms with Gasteiger partial charge in [0, 0.05) is 36.4 Å². The minimum atomic E-state index is -0.314. The van der Waals surface area contributed by atoms with Gasteiger partial charge in [-0.2, -0.15) is 0 Å². The van der Waals surface area contributed by atoms with E-state index in [1.807, 2.05) is 43.9 Å². The van der Waals surface area contributed by atoms with E-state index in [-0.39, 0.29) is 5.97 Å². The molecule has 0 saturated carbocycles. The molecule has 0 saturated heterocycles. The summed E-state index contributed by atoms with van der Waals surface area (Å²) >= 11 is 4.58. The number of hydrogen-bond acceptors (Lipinski definition) is 8. The number of esters is 1. The predicted molar refractivity (Wildman–Crippen MR) is 113 cm³/mol. The molecule has 3 aromatic rings. The van der Waals surface area contributed by atoms with Crippen LogP contribution in [-0.4, -0.2) is 38.4 Å². The number of nitrogens with zero attached hydrogens (tertiary/aromatic N) is 2. The molecule has 0 unspecified atom stereocenters. The van der Waals surface area contributed by atoms with Crippen molar-refractivity contribution in [2.45, 2.75) is 4.21 Å². The first-order valence-electron chi connectivity index (χ1n) is 7.78. The van der Waals surface area contributed by atoms with Crippen molar-refractivity contribution in [3.63, 3.8) is 0 Å². The smallest absolute Gasteiger partial charge is 0.348 e. The van der Waals surface area contributed by atoms with Crippen LogP contribution in [0.5, 0.6) is 0 Å². The highest BCUT2D eigenvalue weighted by Crippen LogP contribution is 2.39. The van der Waals surface area contributed by atoms with Gasteiger partial charge >= 0.3 is 5.97 Å². The molecule has 0 spiro atoms. The molecule has 0 bridgehead atoms. The van der Waals surface area contributed by atoms with Gasteiger partial charge in [-0.05, 0) is 36.6 Å². The van der Waals surface area contributed by atoms with Gasteiger partial charge in [-0.15, -0.1) is 34.4 Å². The van der Waals surface area contributed by atoms with Gasteiger partial charge in [0.1, 0.15) is 4.88 Å². The average molecular weight is 406 g/mol. The van der Waals surface area contributed by atoms with Crippen LogP contribution in [0.25, 0.3) is 11.3 Å². The maximum atomic E-state index is 11.8. The number of benzene rings is 1. The molecule has 0 aliphatic heterocycles. The van der Waals surface area contributed by atoms with E-state index >= 15 is 0 Å². The fraction of sp³-hybridized carbons (Fsp3) is 0.222. The minimum absolute atomic E-state index is 0.314. The van der Waals surface area contributed by atoms with Crippen molar-refractivity contribution >= 4 is 56.9 Å². The molecule has 1 aromatic carbocycles. The Balaban J connectivity index is 1.81. The van der Waals surface area contributed by atoms with Crippen LogP contribution in [-0.2, 0) is 4.74 Å².